The number of carboxylic acid groups (broad SMARTS) is 1. The molecule has 3 N–H and O–H groups in total. The first-order valence-electron chi connectivity index (χ1n) is 11.6. The zero-order valence-electron chi connectivity index (χ0n) is 19.3. The lowest BCUT2D eigenvalue weighted by Gasteiger charge is -2.43. The third-order valence-electron chi connectivity index (χ3n) is 6.34. The third kappa shape index (κ3) is 5.04. The molecule has 4 aliphatic rings. The molecule has 3 heterocycles. The minimum absolute atomic E-state index is 0.0445. The number of urea groups is 1. The van der Waals surface area contributed by atoms with E-state index in [1.54, 1.807) is 0 Å². The van der Waals surface area contributed by atoms with Gasteiger partial charge in [0.15, 0.2) is 0 Å². The number of carboxylic acids is 1. The SMILES string of the molecule is O=C[C@H](CC(=O)O)NC(=O)[C@@H]1CCCN2C(=O)CCN(NC(=O)C3=NC=CC4C=CC=CC34)C(=O)N12. The Morgan fingerprint density at radius 2 is 1.94 bits per heavy atom. The third-order valence-corrected chi connectivity index (χ3v) is 6.34. The predicted octanol–water partition coefficient (Wildman–Crippen LogP) is -0.464. The molecule has 2 fully saturated rings. The Hall–Kier alpha value is -4.29. The molecule has 0 aromatic carbocycles. The molecule has 36 heavy (non-hydrogen) atoms. The number of nitrogens with zero attached hydrogens (tertiary/aromatic N) is 4. The Bertz CT molecular complexity index is 1100. The molecule has 0 aromatic rings. The van der Waals surface area contributed by atoms with Crippen molar-refractivity contribution in [1.82, 2.24) is 25.8 Å². The van der Waals surface area contributed by atoms with Gasteiger partial charge in [0.1, 0.15) is 18.0 Å². The number of carbonyl (C=O) groups excluding carboxylic acids is 5. The predicted molar refractivity (Wildman–Crippen MR) is 124 cm³/mol. The van der Waals surface area contributed by atoms with Gasteiger partial charge in [0, 0.05) is 31.0 Å². The summed E-state index contributed by atoms with van der Waals surface area (Å²) in [6.45, 7) is 0.0778. The molecule has 0 bridgehead atoms. The zero-order valence-corrected chi connectivity index (χ0v) is 19.3. The Morgan fingerprint density at radius 1 is 1.17 bits per heavy atom. The van der Waals surface area contributed by atoms with Gasteiger partial charge >= 0.3 is 12.0 Å². The van der Waals surface area contributed by atoms with Crippen LogP contribution in [0.2, 0.25) is 0 Å². The van der Waals surface area contributed by atoms with Crippen molar-refractivity contribution < 1.29 is 33.9 Å². The minimum atomic E-state index is -1.29. The molecule has 0 radical (unpaired) electrons. The maximum atomic E-state index is 13.5. The zero-order chi connectivity index (χ0) is 25.8. The molecule has 190 valence electrons. The molecule has 4 atom stereocenters. The second-order valence-electron chi connectivity index (χ2n) is 8.72. The van der Waals surface area contributed by atoms with Crippen molar-refractivity contribution in [2.45, 2.75) is 37.8 Å². The van der Waals surface area contributed by atoms with Crippen molar-refractivity contribution in [1.29, 1.82) is 0 Å². The second kappa shape index (κ2) is 10.5. The Kier molecular flexibility index (Phi) is 7.27. The van der Waals surface area contributed by atoms with Crippen LogP contribution in [0.25, 0.3) is 0 Å². The van der Waals surface area contributed by atoms with Gasteiger partial charge in [-0.1, -0.05) is 30.4 Å². The summed E-state index contributed by atoms with van der Waals surface area (Å²) in [6.07, 6.45) is 11.0. The first-order chi connectivity index (χ1) is 17.3. The fourth-order valence-corrected chi connectivity index (χ4v) is 4.60. The highest BCUT2D eigenvalue weighted by Gasteiger charge is 2.44. The average molecular weight is 498 g/mol. The van der Waals surface area contributed by atoms with Crippen LogP contribution in [0.5, 0.6) is 0 Å². The molecular weight excluding hydrogens is 472 g/mol. The van der Waals surface area contributed by atoms with E-state index in [0.29, 0.717) is 12.7 Å². The number of nitrogens with one attached hydrogen (secondary N) is 2. The molecule has 13 heteroatoms. The van der Waals surface area contributed by atoms with Crippen LogP contribution in [0.1, 0.15) is 25.7 Å². The number of aldehydes is 1. The van der Waals surface area contributed by atoms with Crippen molar-refractivity contribution in [2.75, 3.05) is 13.1 Å². The first kappa shape index (κ1) is 24.8. The van der Waals surface area contributed by atoms with Crippen molar-refractivity contribution >= 4 is 41.7 Å². The van der Waals surface area contributed by atoms with E-state index in [9.17, 15) is 28.8 Å². The molecule has 3 aliphatic heterocycles. The summed E-state index contributed by atoms with van der Waals surface area (Å²) >= 11 is 0. The first-order valence-corrected chi connectivity index (χ1v) is 11.6. The van der Waals surface area contributed by atoms with Gasteiger partial charge in [-0.2, -0.15) is 0 Å². The highest BCUT2D eigenvalue weighted by atomic mass is 16.4. The Morgan fingerprint density at radius 3 is 2.69 bits per heavy atom. The van der Waals surface area contributed by atoms with Gasteiger partial charge < -0.3 is 15.2 Å². The summed E-state index contributed by atoms with van der Waals surface area (Å²) in [7, 11) is 0. The van der Waals surface area contributed by atoms with E-state index in [-0.39, 0.29) is 43.5 Å². The summed E-state index contributed by atoms with van der Waals surface area (Å²) in [5.74, 6) is -3.41. The van der Waals surface area contributed by atoms with Gasteiger partial charge in [-0.15, -0.1) is 0 Å². The van der Waals surface area contributed by atoms with Crippen LogP contribution >= 0.6 is 0 Å². The largest absolute Gasteiger partial charge is 0.481 e. The summed E-state index contributed by atoms with van der Waals surface area (Å²) in [5, 5.41) is 14.4. The van der Waals surface area contributed by atoms with Crippen LogP contribution < -0.4 is 10.7 Å². The quantitative estimate of drug-likeness (QED) is 0.399. The molecule has 13 nitrogen and oxygen atoms in total. The van der Waals surface area contributed by atoms with Gasteiger partial charge in [-0.25, -0.2) is 19.8 Å². The van der Waals surface area contributed by atoms with E-state index in [2.05, 4.69) is 15.7 Å². The van der Waals surface area contributed by atoms with E-state index < -0.39 is 48.2 Å². The van der Waals surface area contributed by atoms with Gasteiger partial charge in [0.2, 0.25) is 11.8 Å². The summed E-state index contributed by atoms with van der Waals surface area (Å²) in [4.78, 5) is 78.7. The molecule has 0 spiro atoms. The second-order valence-corrected chi connectivity index (χ2v) is 8.72. The van der Waals surface area contributed by atoms with E-state index in [4.69, 9.17) is 5.11 Å². The molecule has 0 aromatic heterocycles. The van der Waals surface area contributed by atoms with E-state index in [1.807, 2.05) is 30.4 Å². The molecule has 1 aliphatic carbocycles. The number of hydrogen-bond donors (Lipinski definition) is 3. The van der Waals surface area contributed by atoms with E-state index in [0.717, 1.165) is 10.0 Å². The van der Waals surface area contributed by atoms with Crippen LogP contribution in [0.15, 0.2) is 41.6 Å². The molecule has 2 saturated heterocycles. The number of aliphatic carboxylic acids is 1. The Balaban J connectivity index is 1.52. The lowest BCUT2D eigenvalue weighted by atomic mass is 9.83. The summed E-state index contributed by atoms with van der Waals surface area (Å²) in [6, 6.07) is -3.26. The Labute approximate surface area is 206 Å². The van der Waals surface area contributed by atoms with Gasteiger partial charge in [-0.05, 0) is 12.8 Å². The highest BCUT2D eigenvalue weighted by molar-refractivity contribution is 6.40. The van der Waals surface area contributed by atoms with Gasteiger partial charge in [-0.3, -0.25) is 29.6 Å². The number of amides is 5. The van der Waals surface area contributed by atoms with Crippen LogP contribution in [-0.4, -0.2) is 87.0 Å². The number of rotatable bonds is 7. The highest BCUT2D eigenvalue weighted by Crippen LogP contribution is 2.27. The van der Waals surface area contributed by atoms with Crippen LogP contribution in [-0.2, 0) is 24.0 Å². The van der Waals surface area contributed by atoms with E-state index >= 15 is 0 Å². The normalized spacial score (nSPS) is 25.8. The van der Waals surface area contributed by atoms with Crippen molar-refractivity contribution in [2.24, 2.45) is 16.8 Å². The maximum absolute atomic E-state index is 13.5. The summed E-state index contributed by atoms with van der Waals surface area (Å²) in [5.41, 5.74) is 2.75. The molecule has 4 rings (SSSR count). The fourth-order valence-electron chi connectivity index (χ4n) is 4.60. The van der Waals surface area contributed by atoms with Crippen molar-refractivity contribution in [3.63, 3.8) is 0 Å². The fraction of sp³-hybridized carbons (Fsp3) is 0.435. The average Bonchev–Trinajstić information content (AvgIpc) is 2.99. The molecule has 2 unspecified atom stereocenters. The van der Waals surface area contributed by atoms with Crippen molar-refractivity contribution in [3.05, 3.63) is 36.6 Å². The number of fused-ring (bicyclic) bond motifs is 2. The number of hydrogen-bond acceptors (Lipinski definition) is 7. The molecule has 5 amide bonds. The van der Waals surface area contributed by atoms with E-state index in [1.165, 1.54) is 11.2 Å². The smallest absolute Gasteiger partial charge is 0.358 e. The van der Waals surface area contributed by atoms with Crippen LogP contribution in [0.3, 0.4) is 0 Å². The van der Waals surface area contributed by atoms with Crippen LogP contribution in [0.4, 0.5) is 4.79 Å². The number of aliphatic imine (C=N–C) groups is 1. The van der Waals surface area contributed by atoms with Gasteiger partial charge in [0.05, 0.1) is 19.0 Å². The van der Waals surface area contributed by atoms with Crippen molar-refractivity contribution in [3.8, 4) is 0 Å². The maximum Gasteiger partial charge on any atom is 0.358 e. The number of allylic oxidation sites excluding steroid dienone is 5. The number of hydrazine groups is 2. The van der Waals surface area contributed by atoms with Gasteiger partial charge in [0.25, 0.3) is 5.91 Å². The molecule has 0 saturated carbocycles. The number of carbonyl (C=O) groups is 6. The topological polar surface area (TPSA) is 169 Å². The molecular formula is C23H26N6O7. The lowest BCUT2D eigenvalue weighted by Crippen LogP contribution is -2.65. The summed E-state index contributed by atoms with van der Waals surface area (Å²) < 4.78 is 0. The lowest BCUT2D eigenvalue weighted by molar-refractivity contribution is -0.155. The standard InChI is InChI=1S/C23H26N6O7/c30-13-15(12-19(32)33)25-21(34)17-6-3-10-28-18(31)8-11-27(23(36)29(17)28)26-22(35)20-16-5-2-1-4-14(16)7-9-24-20/h1-2,4-5,7,9,13-17H,3,6,8,10-12H2,(H,25,34)(H,26,35)(H,32,33)/t14?,15-,16?,17-/m0/s1. The monoisotopic (exact) mass is 498 g/mol. The minimum Gasteiger partial charge on any atom is -0.481 e. The van der Waals surface area contributed by atoms with Crippen LogP contribution in [0, 0.1) is 11.8 Å².